The molecule has 4 rings (SSSR count). The topological polar surface area (TPSA) is 84.8 Å². The number of nitrogens with one attached hydrogen (secondary N) is 2. The zero-order chi connectivity index (χ0) is 24.6. The molecule has 35 heavy (non-hydrogen) atoms. The van der Waals surface area contributed by atoms with Crippen molar-refractivity contribution in [1.82, 2.24) is 4.98 Å². The highest BCUT2D eigenvalue weighted by molar-refractivity contribution is 7.20. The van der Waals surface area contributed by atoms with Crippen molar-refractivity contribution in [2.24, 2.45) is 5.10 Å². The Kier molecular flexibility index (Phi) is 7.74. The van der Waals surface area contributed by atoms with Crippen molar-refractivity contribution in [3.8, 4) is 22.8 Å². The molecule has 178 valence electrons. The number of nitrogens with zero attached hydrogens (tertiary/aromatic N) is 2. The smallest absolute Gasteiger partial charge is 0.229 e. The highest BCUT2D eigenvalue weighted by atomic mass is 32.1. The van der Waals surface area contributed by atoms with E-state index in [1.165, 1.54) is 11.3 Å². The summed E-state index contributed by atoms with van der Waals surface area (Å²) in [7, 11) is 3.18. The Hall–Kier alpha value is -4.17. The maximum Gasteiger partial charge on any atom is 0.229 e. The van der Waals surface area contributed by atoms with Gasteiger partial charge in [-0.25, -0.2) is 4.98 Å². The minimum atomic E-state index is -0.103. The molecule has 1 heterocycles. The van der Waals surface area contributed by atoms with Gasteiger partial charge >= 0.3 is 0 Å². The van der Waals surface area contributed by atoms with Gasteiger partial charge in [0.1, 0.15) is 10.7 Å². The third-order valence-corrected chi connectivity index (χ3v) is 6.07. The van der Waals surface area contributed by atoms with Gasteiger partial charge < -0.3 is 14.8 Å². The van der Waals surface area contributed by atoms with E-state index in [9.17, 15) is 4.79 Å². The number of carbonyl (C=O) groups is 1. The Morgan fingerprint density at radius 1 is 1.00 bits per heavy atom. The van der Waals surface area contributed by atoms with Crippen molar-refractivity contribution in [1.29, 1.82) is 0 Å². The highest BCUT2D eigenvalue weighted by Gasteiger charge is 2.16. The summed E-state index contributed by atoms with van der Waals surface area (Å²) < 4.78 is 10.6. The monoisotopic (exact) mass is 486 g/mol. The van der Waals surface area contributed by atoms with Gasteiger partial charge in [0.15, 0.2) is 11.5 Å². The molecule has 1 amide bonds. The SMILES string of the molecule is COc1ccc(/C=N/Nc2nc(-c3ccc(C)cc3)c(NC(=O)Cc3ccccc3)s2)cc1OC. The van der Waals surface area contributed by atoms with Gasteiger partial charge in [0.2, 0.25) is 11.0 Å². The first-order valence-corrected chi connectivity index (χ1v) is 11.8. The number of aromatic nitrogens is 1. The van der Waals surface area contributed by atoms with Gasteiger partial charge in [-0.1, -0.05) is 71.5 Å². The van der Waals surface area contributed by atoms with Crippen molar-refractivity contribution in [2.45, 2.75) is 13.3 Å². The second-order valence-electron chi connectivity index (χ2n) is 7.76. The zero-order valence-corrected chi connectivity index (χ0v) is 20.6. The van der Waals surface area contributed by atoms with E-state index in [-0.39, 0.29) is 12.3 Å². The van der Waals surface area contributed by atoms with Crippen LogP contribution in [0.4, 0.5) is 10.1 Å². The van der Waals surface area contributed by atoms with Crippen LogP contribution in [0.1, 0.15) is 16.7 Å². The van der Waals surface area contributed by atoms with Crippen LogP contribution in [0, 0.1) is 6.92 Å². The molecule has 0 radical (unpaired) electrons. The molecule has 0 aliphatic rings. The minimum absolute atomic E-state index is 0.103. The molecule has 0 fully saturated rings. The average molecular weight is 487 g/mol. The van der Waals surface area contributed by atoms with E-state index in [1.807, 2.05) is 79.7 Å². The molecule has 0 bridgehead atoms. The van der Waals surface area contributed by atoms with Gasteiger partial charge in [-0.3, -0.25) is 10.2 Å². The van der Waals surface area contributed by atoms with Crippen LogP contribution in [-0.4, -0.2) is 31.3 Å². The largest absolute Gasteiger partial charge is 0.493 e. The summed E-state index contributed by atoms with van der Waals surface area (Å²) in [6, 6.07) is 23.2. The fraction of sp³-hybridized carbons (Fsp3) is 0.148. The van der Waals surface area contributed by atoms with Crippen LogP contribution in [0.2, 0.25) is 0 Å². The number of hydrogen-bond donors (Lipinski definition) is 2. The molecule has 0 aliphatic carbocycles. The summed E-state index contributed by atoms with van der Waals surface area (Å²) in [5, 5.41) is 8.57. The molecule has 0 atom stereocenters. The Labute approximate surface area is 208 Å². The summed E-state index contributed by atoms with van der Waals surface area (Å²) in [5.41, 5.74) is 7.52. The highest BCUT2D eigenvalue weighted by Crippen LogP contribution is 2.36. The van der Waals surface area contributed by atoms with Gasteiger partial charge in [0.25, 0.3) is 0 Å². The van der Waals surface area contributed by atoms with Crippen LogP contribution < -0.4 is 20.2 Å². The number of aryl methyl sites for hydroxylation is 1. The number of amides is 1. The number of hydrogen-bond acceptors (Lipinski definition) is 7. The van der Waals surface area contributed by atoms with Crippen molar-refractivity contribution in [3.63, 3.8) is 0 Å². The lowest BCUT2D eigenvalue weighted by molar-refractivity contribution is -0.115. The van der Waals surface area contributed by atoms with Crippen LogP contribution in [0.15, 0.2) is 77.9 Å². The number of hydrazone groups is 1. The second-order valence-corrected chi connectivity index (χ2v) is 8.76. The van der Waals surface area contributed by atoms with Gasteiger partial charge in [-0.2, -0.15) is 5.10 Å². The van der Waals surface area contributed by atoms with Crippen LogP contribution in [0.5, 0.6) is 11.5 Å². The van der Waals surface area contributed by atoms with E-state index < -0.39 is 0 Å². The molecule has 0 spiro atoms. The maximum atomic E-state index is 12.7. The Balaban J connectivity index is 1.54. The van der Waals surface area contributed by atoms with E-state index in [0.717, 1.165) is 22.3 Å². The number of ether oxygens (including phenoxy) is 2. The van der Waals surface area contributed by atoms with E-state index in [0.29, 0.717) is 27.3 Å². The first-order valence-electron chi connectivity index (χ1n) is 11.0. The average Bonchev–Trinajstić information content (AvgIpc) is 3.27. The Morgan fingerprint density at radius 3 is 2.46 bits per heavy atom. The zero-order valence-electron chi connectivity index (χ0n) is 19.7. The van der Waals surface area contributed by atoms with Gasteiger partial charge in [-0.05, 0) is 36.2 Å². The normalized spacial score (nSPS) is 10.8. The van der Waals surface area contributed by atoms with Gasteiger partial charge in [-0.15, -0.1) is 0 Å². The maximum absolute atomic E-state index is 12.7. The number of carbonyl (C=O) groups excluding carboxylic acids is 1. The lowest BCUT2D eigenvalue weighted by Gasteiger charge is -2.07. The number of benzene rings is 3. The molecule has 8 heteroatoms. The standard InChI is InChI=1S/C27H26N4O3S/c1-18-9-12-21(13-10-18)25-26(29-24(32)16-19-7-5-4-6-8-19)35-27(30-25)31-28-17-20-11-14-22(33-2)23(15-20)34-3/h4-15,17H,16H2,1-3H3,(H,29,32)(H,30,31)/b28-17+. The molecule has 0 unspecified atom stereocenters. The Bertz CT molecular complexity index is 1320. The summed E-state index contributed by atoms with van der Waals surface area (Å²) in [5.74, 6) is 1.17. The van der Waals surface area contributed by atoms with E-state index in [2.05, 4.69) is 15.8 Å². The van der Waals surface area contributed by atoms with E-state index in [4.69, 9.17) is 14.5 Å². The van der Waals surface area contributed by atoms with E-state index >= 15 is 0 Å². The summed E-state index contributed by atoms with van der Waals surface area (Å²) in [4.78, 5) is 17.4. The summed E-state index contributed by atoms with van der Waals surface area (Å²) >= 11 is 1.33. The minimum Gasteiger partial charge on any atom is -0.493 e. The first-order chi connectivity index (χ1) is 17.1. The number of rotatable bonds is 9. The van der Waals surface area contributed by atoms with Crippen molar-refractivity contribution in [3.05, 3.63) is 89.5 Å². The molecule has 7 nitrogen and oxygen atoms in total. The molecule has 0 saturated heterocycles. The number of anilines is 2. The van der Waals surface area contributed by atoms with Crippen molar-refractivity contribution in [2.75, 3.05) is 25.0 Å². The van der Waals surface area contributed by atoms with Crippen LogP contribution >= 0.6 is 11.3 Å². The van der Waals surface area contributed by atoms with Gasteiger partial charge in [0.05, 0.1) is 26.9 Å². The quantitative estimate of drug-likeness (QED) is 0.232. The summed E-state index contributed by atoms with van der Waals surface area (Å²) in [6.07, 6.45) is 1.95. The second kappa shape index (κ2) is 11.3. The van der Waals surface area contributed by atoms with Crippen molar-refractivity contribution >= 4 is 33.6 Å². The lowest BCUT2D eigenvalue weighted by atomic mass is 10.1. The van der Waals surface area contributed by atoms with Crippen LogP contribution in [-0.2, 0) is 11.2 Å². The van der Waals surface area contributed by atoms with Crippen LogP contribution in [0.3, 0.4) is 0 Å². The summed E-state index contributed by atoms with van der Waals surface area (Å²) in [6.45, 7) is 2.03. The lowest BCUT2D eigenvalue weighted by Crippen LogP contribution is -2.14. The predicted octanol–water partition coefficient (Wildman–Crippen LogP) is 5.76. The molecule has 0 saturated carbocycles. The van der Waals surface area contributed by atoms with Crippen molar-refractivity contribution < 1.29 is 14.3 Å². The molecule has 4 aromatic rings. The van der Waals surface area contributed by atoms with Gasteiger partial charge in [0, 0.05) is 5.56 Å². The number of thiazole rings is 1. The first kappa shape index (κ1) is 24.0. The van der Waals surface area contributed by atoms with E-state index in [1.54, 1.807) is 20.4 Å². The molecular weight excluding hydrogens is 460 g/mol. The third kappa shape index (κ3) is 6.24. The Morgan fingerprint density at radius 2 is 1.74 bits per heavy atom. The molecule has 1 aromatic heterocycles. The fourth-order valence-corrected chi connectivity index (χ4v) is 4.26. The predicted molar refractivity (Wildman–Crippen MR) is 142 cm³/mol. The fourth-order valence-electron chi connectivity index (χ4n) is 3.41. The third-order valence-electron chi connectivity index (χ3n) is 5.19. The van der Waals surface area contributed by atoms with Crippen LogP contribution in [0.25, 0.3) is 11.3 Å². The molecular formula is C27H26N4O3S. The molecule has 3 aromatic carbocycles. The molecule has 0 aliphatic heterocycles. The number of methoxy groups -OCH3 is 2. The molecule has 2 N–H and O–H groups in total.